The summed E-state index contributed by atoms with van der Waals surface area (Å²) in [7, 11) is 3.80. The summed E-state index contributed by atoms with van der Waals surface area (Å²) in [4.78, 5) is 18.5. The fourth-order valence-electron chi connectivity index (χ4n) is 4.71. The second-order valence-electron chi connectivity index (χ2n) is 9.28. The molecule has 0 aliphatic heterocycles. The van der Waals surface area contributed by atoms with Crippen molar-refractivity contribution in [2.24, 2.45) is 0 Å². The van der Waals surface area contributed by atoms with Gasteiger partial charge in [-0.05, 0) is 92.8 Å². The number of rotatable bonds is 12. The molecule has 0 amide bonds. The maximum atomic E-state index is 11.9. The molecular formula is C32H40N3O2-. The van der Waals surface area contributed by atoms with Gasteiger partial charge in [0.1, 0.15) is 0 Å². The molecule has 3 aromatic rings. The summed E-state index contributed by atoms with van der Waals surface area (Å²) >= 11 is 0. The lowest BCUT2D eigenvalue weighted by molar-refractivity contribution is -0.255. The van der Waals surface area contributed by atoms with Crippen LogP contribution in [-0.2, 0) is 6.42 Å². The van der Waals surface area contributed by atoms with Crippen LogP contribution >= 0.6 is 0 Å². The lowest BCUT2D eigenvalue weighted by Crippen LogP contribution is -2.24. The summed E-state index contributed by atoms with van der Waals surface area (Å²) < 4.78 is 0. The van der Waals surface area contributed by atoms with Crippen LogP contribution in [0.5, 0.6) is 0 Å². The molecule has 0 heterocycles. The van der Waals surface area contributed by atoms with E-state index >= 15 is 0 Å². The van der Waals surface area contributed by atoms with Gasteiger partial charge < -0.3 is 24.6 Å². The monoisotopic (exact) mass is 498 g/mol. The number of anilines is 3. The number of allylic oxidation sites excluding steroid dienone is 1. The van der Waals surface area contributed by atoms with Gasteiger partial charge in [0, 0.05) is 62.9 Å². The fourth-order valence-corrected chi connectivity index (χ4v) is 4.71. The molecule has 196 valence electrons. The van der Waals surface area contributed by atoms with Crippen molar-refractivity contribution in [3.63, 3.8) is 0 Å². The van der Waals surface area contributed by atoms with Crippen LogP contribution in [0.1, 0.15) is 54.7 Å². The highest BCUT2D eigenvalue weighted by atomic mass is 16.4. The lowest BCUT2D eigenvalue weighted by atomic mass is 9.94. The van der Waals surface area contributed by atoms with E-state index in [1.165, 1.54) is 11.4 Å². The molecule has 0 saturated carbocycles. The van der Waals surface area contributed by atoms with Crippen LogP contribution in [0.2, 0.25) is 0 Å². The molecule has 0 atom stereocenters. The summed E-state index contributed by atoms with van der Waals surface area (Å²) in [5.41, 5.74) is 7.49. The first-order valence-electron chi connectivity index (χ1n) is 13.2. The molecule has 0 spiro atoms. The third-order valence-electron chi connectivity index (χ3n) is 6.97. The third kappa shape index (κ3) is 6.73. The quantitative estimate of drug-likeness (QED) is 0.331. The van der Waals surface area contributed by atoms with Crippen molar-refractivity contribution in [1.29, 1.82) is 0 Å². The third-order valence-corrected chi connectivity index (χ3v) is 6.97. The number of benzene rings is 3. The summed E-state index contributed by atoms with van der Waals surface area (Å²) in [5.74, 6) is -1.15. The Morgan fingerprint density at radius 2 is 1.14 bits per heavy atom. The van der Waals surface area contributed by atoms with E-state index in [4.69, 9.17) is 0 Å². The van der Waals surface area contributed by atoms with E-state index in [1.54, 1.807) is 6.07 Å². The minimum absolute atomic E-state index is 0.232. The molecule has 5 nitrogen and oxygen atoms in total. The molecule has 0 radical (unpaired) electrons. The summed E-state index contributed by atoms with van der Waals surface area (Å²) in [6.07, 6.45) is 2.62. The average molecular weight is 499 g/mol. The average Bonchev–Trinajstić information content (AvgIpc) is 2.91. The van der Waals surface area contributed by atoms with Crippen LogP contribution in [0.4, 0.5) is 17.1 Å². The van der Waals surface area contributed by atoms with E-state index in [1.807, 2.05) is 31.1 Å². The summed E-state index contributed by atoms with van der Waals surface area (Å²) in [5, 5.41) is 11.9. The van der Waals surface area contributed by atoms with Crippen LogP contribution in [0.3, 0.4) is 0 Å². The summed E-state index contributed by atoms with van der Waals surface area (Å²) in [6.45, 7) is 12.5. The van der Waals surface area contributed by atoms with E-state index in [2.05, 4.69) is 92.1 Å². The molecule has 3 rings (SSSR count). The number of hydrogen-bond donors (Lipinski definition) is 0. The Morgan fingerprint density at radius 1 is 0.703 bits per heavy atom. The molecule has 3 aromatic carbocycles. The Labute approximate surface area is 222 Å². The van der Waals surface area contributed by atoms with Gasteiger partial charge in [-0.1, -0.05) is 36.4 Å². The Hall–Kier alpha value is -3.73. The Kier molecular flexibility index (Phi) is 9.78. The Bertz CT molecular complexity index is 1130. The van der Waals surface area contributed by atoms with Crippen molar-refractivity contribution in [3.05, 3.63) is 95.1 Å². The summed E-state index contributed by atoms with van der Waals surface area (Å²) in [6, 6.07) is 22.8. The molecule has 0 fully saturated rings. The van der Waals surface area contributed by atoms with Gasteiger partial charge in [0.25, 0.3) is 0 Å². The zero-order valence-corrected chi connectivity index (χ0v) is 23.1. The van der Waals surface area contributed by atoms with Crippen molar-refractivity contribution in [2.45, 2.75) is 34.1 Å². The normalized spacial score (nSPS) is 10.6. The molecule has 0 unspecified atom stereocenters. The maximum absolute atomic E-state index is 11.9. The van der Waals surface area contributed by atoms with Crippen LogP contribution in [-0.4, -0.2) is 46.2 Å². The van der Waals surface area contributed by atoms with Crippen molar-refractivity contribution >= 4 is 28.6 Å². The van der Waals surface area contributed by atoms with Gasteiger partial charge in [-0.2, -0.15) is 0 Å². The number of carbonyl (C=O) groups excluding carboxylic acids is 1. The van der Waals surface area contributed by atoms with E-state index < -0.39 is 5.97 Å². The molecule has 0 aliphatic carbocycles. The van der Waals surface area contributed by atoms with Crippen molar-refractivity contribution in [1.82, 2.24) is 0 Å². The highest BCUT2D eigenvalue weighted by Crippen LogP contribution is 2.29. The fraction of sp³-hybridized carbons (Fsp3) is 0.344. The maximum Gasteiger partial charge on any atom is 0.0718 e. The minimum atomic E-state index is -1.15. The van der Waals surface area contributed by atoms with Crippen LogP contribution in [0.15, 0.2) is 72.8 Å². The SMILES string of the molecule is CCN(CC)c1ccc(C(=CCc2ccc(N(C)C)cc2C(=O)[O-])c2ccc(N(CC)CC)cc2)cc1. The molecular weight excluding hydrogens is 458 g/mol. The predicted octanol–water partition coefficient (Wildman–Crippen LogP) is 5.48. The van der Waals surface area contributed by atoms with Gasteiger partial charge in [-0.15, -0.1) is 0 Å². The van der Waals surface area contributed by atoms with Gasteiger partial charge >= 0.3 is 0 Å². The molecule has 0 N–H and O–H groups in total. The number of carbonyl (C=O) groups is 1. The number of carboxylic acid groups (broad SMARTS) is 1. The van der Waals surface area contributed by atoms with E-state index in [0.717, 1.165) is 54.1 Å². The number of carboxylic acids is 1. The predicted molar refractivity (Wildman–Crippen MR) is 156 cm³/mol. The van der Waals surface area contributed by atoms with Crippen LogP contribution in [0.25, 0.3) is 5.57 Å². The number of nitrogens with zero attached hydrogens (tertiary/aromatic N) is 3. The number of hydrogen-bond acceptors (Lipinski definition) is 5. The van der Waals surface area contributed by atoms with E-state index in [9.17, 15) is 9.90 Å². The lowest BCUT2D eigenvalue weighted by Gasteiger charge is -2.22. The molecule has 0 saturated heterocycles. The van der Waals surface area contributed by atoms with Gasteiger partial charge in [0.2, 0.25) is 0 Å². The Balaban J connectivity index is 2.05. The van der Waals surface area contributed by atoms with Crippen LogP contribution in [0, 0.1) is 0 Å². The van der Waals surface area contributed by atoms with Crippen molar-refractivity contribution in [2.75, 3.05) is 55.0 Å². The molecule has 0 bridgehead atoms. The zero-order valence-electron chi connectivity index (χ0n) is 23.1. The molecule has 0 aliphatic rings. The first-order chi connectivity index (χ1) is 17.8. The van der Waals surface area contributed by atoms with Crippen molar-refractivity contribution in [3.8, 4) is 0 Å². The molecule has 37 heavy (non-hydrogen) atoms. The first kappa shape index (κ1) is 27.9. The van der Waals surface area contributed by atoms with Gasteiger partial charge in [0.15, 0.2) is 0 Å². The molecule has 5 heteroatoms. The smallest absolute Gasteiger partial charge is 0.0718 e. The van der Waals surface area contributed by atoms with Crippen molar-refractivity contribution < 1.29 is 9.90 Å². The van der Waals surface area contributed by atoms with E-state index in [0.29, 0.717) is 6.42 Å². The zero-order chi connectivity index (χ0) is 26.9. The Morgan fingerprint density at radius 3 is 1.51 bits per heavy atom. The van der Waals surface area contributed by atoms with Gasteiger partial charge in [0.05, 0.1) is 5.97 Å². The molecule has 0 aromatic heterocycles. The second kappa shape index (κ2) is 13.0. The standard InChI is InChI=1S/C32H41N3O2/c1-7-34(8-2)27-17-11-24(12-18-27)30(25-13-19-28(20-14-25)35(9-3)10-4)22-16-26-15-21-29(33(5)6)23-31(26)32(36)37/h11-15,17-23H,7-10,16H2,1-6H3,(H,36,37)/p-1. The second-order valence-corrected chi connectivity index (χ2v) is 9.28. The van der Waals surface area contributed by atoms with Gasteiger partial charge in [-0.25, -0.2) is 0 Å². The highest BCUT2D eigenvalue weighted by molar-refractivity contribution is 5.89. The highest BCUT2D eigenvalue weighted by Gasteiger charge is 2.11. The van der Waals surface area contributed by atoms with E-state index in [-0.39, 0.29) is 5.56 Å². The topological polar surface area (TPSA) is 49.9 Å². The first-order valence-corrected chi connectivity index (χ1v) is 13.2. The van der Waals surface area contributed by atoms with Crippen LogP contribution < -0.4 is 19.8 Å². The number of aromatic carboxylic acids is 1. The van der Waals surface area contributed by atoms with Gasteiger partial charge in [-0.3, -0.25) is 0 Å². The minimum Gasteiger partial charge on any atom is -0.545 e. The largest absolute Gasteiger partial charge is 0.545 e.